The highest BCUT2D eigenvalue weighted by Crippen LogP contribution is 2.26. The van der Waals surface area contributed by atoms with Crippen molar-refractivity contribution in [3.8, 4) is 6.07 Å². The molecule has 0 saturated heterocycles. The number of rotatable bonds is 3. The molecule has 0 spiro atoms. The van der Waals surface area contributed by atoms with Crippen LogP contribution in [0.25, 0.3) is 10.9 Å². The van der Waals surface area contributed by atoms with Gasteiger partial charge in [0.25, 0.3) is 0 Å². The molecule has 0 bridgehead atoms. The molecule has 1 atom stereocenters. The number of Topliss-reactive ketones (excluding diaryl/α,β-unsaturated/α-hetero) is 1. The maximum atomic E-state index is 12.4. The van der Waals surface area contributed by atoms with Crippen LogP contribution in [0, 0.1) is 23.2 Å². The van der Waals surface area contributed by atoms with Gasteiger partial charge in [-0.2, -0.15) is 5.26 Å². The molecule has 2 rings (SSSR count). The first kappa shape index (κ1) is 12.4. The Morgan fingerprint density at radius 2 is 2.06 bits per heavy atom. The fraction of sp³-hybridized carbons (Fsp3) is 0.333. The van der Waals surface area contributed by atoms with Crippen molar-refractivity contribution in [1.82, 2.24) is 4.98 Å². The first-order valence-electron chi connectivity index (χ1n) is 6.10. The summed E-state index contributed by atoms with van der Waals surface area (Å²) < 4.78 is 0. The largest absolute Gasteiger partial charge is 0.360 e. The van der Waals surface area contributed by atoms with Gasteiger partial charge in [-0.1, -0.05) is 26.8 Å². The van der Waals surface area contributed by atoms with E-state index >= 15 is 0 Å². The van der Waals surface area contributed by atoms with E-state index in [1.54, 1.807) is 12.3 Å². The molecule has 0 aliphatic carbocycles. The van der Waals surface area contributed by atoms with E-state index in [1.165, 1.54) is 0 Å². The van der Waals surface area contributed by atoms with Crippen molar-refractivity contribution >= 4 is 16.7 Å². The number of H-pyrrole nitrogens is 1. The van der Waals surface area contributed by atoms with E-state index in [0.717, 1.165) is 10.9 Å². The molecule has 92 valence electrons. The summed E-state index contributed by atoms with van der Waals surface area (Å²) in [6.07, 6.45) is 1.72. The van der Waals surface area contributed by atoms with E-state index < -0.39 is 0 Å². The summed E-state index contributed by atoms with van der Waals surface area (Å²) in [4.78, 5) is 15.5. The lowest BCUT2D eigenvalue weighted by Gasteiger charge is -2.13. The Morgan fingerprint density at radius 3 is 2.67 bits per heavy atom. The molecule has 3 nitrogen and oxygen atoms in total. The first-order valence-corrected chi connectivity index (χ1v) is 6.10. The molecule has 1 heterocycles. The van der Waals surface area contributed by atoms with Crippen LogP contribution in [-0.4, -0.2) is 10.8 Å². The second-order valence-electron chi connectivity index (χ2n) is 4.94. The number of benzene rings is 1. The van der Waals surface area contributed by atoms with E-state index in [9.17, 15) is 4.79 Å². The summed E-state index contributed by atoms with van der Waals surface area (Å²) in [5, 5.41) is 9.88. The van der Waals surface area contributed by atoms with Crippen LogP contribution < -0.4 is 0 Å². The minimum atomic E-state index is -0.0456. The summed E-state index contributed by atoms with van der Waals surface area (Å²) in [7, 11) is 0. The zero-order valence-electron chi connectivity index (χ0n) is 10.8. The molecular formula is C15H16N2O. The summed E-state index contributed by atoms with van der Waals surface area (Å²) in [6.45, 7) is 5.99. The van der Waals surface area contributed by atoms with Crippen LogP contribution in [0.1, 0.15) is 36.7 Å². The van der Waals surface area contributed by atoms with Gasteiger partial charge in [-0.25, -0.2) is 0 Å². The topological polar surface area (TPSA) is 56.6 Å². The maximum Gasteiger partial charge on any atom is 0.168 e. The van der Waals surface area contributed by atoms with Crippen molar-refractivity contribution in [3.63, 3.8) is 0 Å². The van der Waals surface area contributed by atoms with E-state index in [4.69, 9.17) is 5.26 Å². The molecule has 2 aromatic rings. The van der Waals surface area contributed by atoms with Gasteiger partial charge in [-0.05, 0) is 18.1 Å². The number of aromatic nitrogens is 1. The summed E-state index contributed by atoms with van der Waals surface area (Å²) in [5.74, 6) is 0.339. The monoisotopic (exact) mass is 240 g/mol. The quantitative estimate of drug-likeness (QED) is 0.834. The highest BCUT2D eigenvalue weighted by molar-refractivity contribution is 6.10. The van der Waals surface area contributed by atoms with Crippen LogP contribution in [-0.2, 0) is 0 Å². The Hall–Kier alpha value is -2.08. The molecule has 1 aromatic heterocycles. The van der Waals surface area contributed by atoms with Gasteiger partial charge in [-0.15, -0.1) is 0 Å². The van der Waals surface area contributed by atoms with Crippen molar-refractivity contribution in [2.24, 2.45) is 11.8 Å². The van der Waals surface area contributed by atoms with Crippen LogP contribution in [0.15, 0.2) is 24.4 Å². The molecule has 1 aromatic carbocycles. The predicted molar refractivity (Wildman–Crippen MR) is 71.3 cm³/mol. The second kappa shape index (κ2) is 4.66. The number of hydrogen-bond donors (Lipinski definition) is 1. The third kappa shape index (κ3) is 1.91. The minimum Gasteiger partial charge on any atom is -0.360 e. The smallest absolute Gasteiger partial charge is 0.168 e. The van der Waals surface area contributed by atoms with Crippen LogP contribution in [0.5, 0.6) is 0 Å². The molecule has 1 N–H and O–H groups in total. The number of fused-ring (bicyclic) bond motifs is 1. The molecule has 0 fully saturated rings. The lowest BCUT2D eigenvalue weighted by Crippen LogP contribution is -2.16. The van der Waals surface area contributed by atoms with E-state index in [-0.39, 0.29) is 17.6 Å². The van der Waals surface area contributed by atoms with Gasteiger partial charge in [-0.3, -0.25) is 4.79 Å². The van der Waals surface area contributed by atoms with Gasteiger partial charge in [0.2, 0.25) is 0 Å². The number of aromatic amines is 1. The standard InChI is InChI=1S/C15H16N2O/c1-9(2)10(3)15(18)12-8-17-13-6-4-5-11(7-16)14(12)13/h4-6,8-10,17H,1-3H3. The Labute approximate surface area is 106 Å². The molecule has 0 aliphatic heterocycles. The summed E-state index contributed by atoms with van der Waals surface area (Å²) in [5.41, 5.74) is 2.02. The van der Waals surface area contributed by atoms with Gasteiger partial charge >= 0.3 is 0 Å². The average Bonchev–Trinajstić information content (AvgIpc) is 2.80. The molecule has 0 saturated carbocycles. The second-order valence-corrected chi connectivity index (χ2v) is 4.94. The molecule has 0 radical (unpaired) electrons. The number of nitrogens with zero attached hydrogens (tertiary/aromatic N) is 1. The van der Waals surface area contributed by atoms with Crippen LogP contribution in [0.3, 0.4) is 0 Å². The fourth-order valence-electron chi connectivity index (χ4n) is 2.02. The first-order chi connectivity index (χ1) is 8.56. The fourth-order valence-corrected chi connectivity index (χ4v) is 2.02. The Kier molecular flexibility index (Phi) is 3.20. The predicted octanol–water partition coefficient (Wildman–Crippen LogP) is 3.51. The van der Waals surface area contributed by atoms with Crippen LogP contribution in [0.4, 0.5) is 0 Å². The lowest BCUT2D eigenvalue weighted by atomic mass is 9.89. The molecule has 0 aliphatic rings. The van der Waals surface area contributed by atoms with Crippen LogP contribution in [0.2, 0.25) is 0 Å². The number of nitriles is 1. The SMILES string of the molecule is CC(C)C(C)C(=O)c1c[nH]c2cccc(C#N)c12. The Morgan fingerprint density at radius 1 is 1.33 bits per heavy atom. The van der Waals surface area contributed by atoms with Gasteiger partial charge in [0.1, 0.15) is 0 Å². The summed E-state index contributed by atoms with van der Waals surface area (Å²) in [6, 6.07) is 7.59. The van der Waals surface area contributed by atoms with Crippen molar-refractivity contribution < 1.29 is 4.79 Å². The van der Waals surface area contributed by atoms with Gasteiger partial charge in [0, 0.05) is 28.6 Å². The average molecular weight is 240 g/mol. The van der Waals surface area contributed by atoms with Gasteiger partial charge in [0.05, 0.1) is 11.6 Å². The molecule has 1 unspecified atom stereocenters. The zero-order valence-corrected chi connectivity index (χ0v) is 10.8. The Bertz CT molecular complexity index is 631. The number of ketones is 1. The van der Waals surface area contributed by atoms with Gasteiger partial charge in [0.15, 0.2) is 5.78 Å². The third-order valence-electron chi connectivity index (χ3n) is 3.51. The van der Waals surface area contributed by atoms with E-state index in [0.29, 0.717) is 11.1 Å². The van der Waals surface area contributed by atoms with Gasteiger partial charge < -0.3 is 4.98 Å². The minimum absolute atomic E-state index is 0.0456. The molecular weight excluding hydrogens is 224 g/mol. The highest BCUT2D eigenvalue weighted by Gasteiger charge is 2.22. The van der Waals surface area contributed by atoms with Crippen molar-refractivity contribution in [2.75, 3.05) is 0 Å². The molecule has 3 heteroatoms. The Balaban J connectivity index is 2.60. The normalized spacial score (nSPS) is 12.6. The van der Waals surface area contributed by atoms with Crippen molar-refractivity contribution in [2.45, 2.75) is 20.8 Å². The summed E-state index contributed by atoms with van der Waals surface area (Å²) >= 11 is 0. The number of carbonyl (C=O) groups is 1. The number of nitrogens with one attached hydrogen (secondary N) is 1. The maximum absolute atomic E-state index is 12.4. The van der Waals surface area contributed by atoms with E-state index in [2.05, 4.69) is 11.1 Å². The molecule has 18 heavy (non-hydrogen) atoms. The third-order valence-corrected chi connectivity index (χ3v) is 3.51. The lowest BCUT2D eigenvalue weighted by molar-refractivity contribution is 0.0901. The highest BCUT2D eigenvalue weighted by atomic mass is 16.1. The van der Waals surface area contributed by atoms with Crippen LogP contribution >= 0.6 is 0 Å². The molecule has 0 amide bonds. The zero-order chi connectivity index (χ0) is 13.3. The number of carbonyl (C=O) groups excluding carboxylic acids is 1. The van der Waals surface area contributed by atoms with Crippen molar-refractivity contribution in [3.05, 3.63) is 35.5 Å². The van der Waals surface area contributed by atoms with E-state index in [1.807, 2.05) is 32.9 Å². The van der Waals surface area contributed by atoms with Crippen molar-refractivity contribution in [1.29, 1.82) is 5.26 Å². The number of hydrogen-bond acceptors (Lipinski definition) is 2.